The van der Waals surface area contributed by atoms with Crippen molar-refractivity contribution in [1.29, 1.82) is 0 Å². The molecule has 3 rings (SSSR count). The second kappa shape index (κ2) is 9.20. The van der Waals surface area contributed by atoms with Crippen LogP contribution in [-0.4, -0.2) is 37.0 Å². The zero-order valence-corrected chi connectivity index (χ0v) is 16.8. The van der Waals surface area contributed by atoms with Crippen molar-refractivity contribution < 1.29 is 27.6 Å². The first-order valence-corrected chi connectivity index (χ1v) is 9.81. The molecule has 3 amide bonds. The van der Waals surface area contributed by atoms with Crippen molar-refractivity contribution in [2.45, 2.75) is 25.9 Å². The van der Waals surface area contributed by atoms with E-state index in [-0.39, 0.29) is 30.3 Å². The third kappa shape index (κ3) is 5.84. The molecule has 6 nitrogen and oxygen atoms in total. The van der Waals surface area contributed by atoms with Gasteiger partial charge in [0.2, 0.25) is 11.8 Å². The number of rotatable bonds is 6. The molecule has 1 atom stereocenters. The number of anilines is 2. The number of hydrogen-bond acceptors (Lipinski definition) is 3. The molecule has 164 valence electrons. The molecule has 0 aromatic heterocycles. The zero-order valence-electron chi connectivity index (χ0n) is 16.8. The summed E-state index contributed by atoms with van der Waals surface area (Å²) in [6, 6.07) is 13.1. The van der Waals surface area contributed by atoms with Gasteiger partial charge in [-0.1, -0.05) is 19.1 Å². The van der Waals surface area contributed by atoms with Gasteiger partial charge >= 0.3 is 6.18 Å². The largest absolute Gasteiger partial charge is 0.405 e. The van der Waals surface area contributed by atoms with E-state index in [9.17, 15) is 27.6 Å². The van der Waals surface area contributed by atoms with Gasteiger partial charge in [-0.15, -0.1) is 0 Å². The van der Waals surface area contributed by atoms with Crippen LogP contribution in [0.1, 0.15) is 29.3 Å². The van der Waals surface area contributed by atoms with Gasteiger partial charge in [0.15, 0.2) is 0 Å². The first-order valence-electron chi connectivity index (χ1n) is 9.81. The molecule has 31 heavy (non-hydrogen) atoms. The van der Waals surface area contributed by atoms with Crippen molar-refractivity contribution in [2.75, 3.05) is 23.3 Å². The van der Waals surface area contributed by atoms with Gasteiger partial charge in [-0.2, -0.15) is 13.2 Å². The van der Waals surface area contributed by atoms with E-state index in [0.717, 1.165) is 17.7 Å². The van der Waals surface area contributed by atoms with E-state index < -0.39 is 24.5 Å². The average Bonchev–Trinajstić information content (AvgIpc) is 3.14. The Balaban J connectivity index is 1.57. The molecule has 9 heteroatoms. The Bertz CT molecular complexity index is 957. The van der Waals surface area contributed by atoms with Gasteiger partial charge in [0.25, 0.3) is 5.91 Å². The summed E-state index contributed by atoms with van der Waals surface area (Å²) in [5, 5.41) is 4.47. The fourth-order valence-electron chi connectivity index (χ4n) is 3.28. The molecule has 1 aliphatic rings. The minimum atomic E-state index is -4.49. The third-order valence-corrected chi connectivity index (χ3v) is 5.02. The number of halogens is 3. The highest BCUT2D eigenvalue weighted by Crippen LogP contribution is 2.26. The Morgan fingerprint density at radius 1 is 1.06 bits per heavy atom. The SMILES string of the molecule is CCc1ccc(N2CC(C(=O)Nc3ccc(C(=O)NCC(F)(F)F)cc3)CC2=O)cc1. The van der Waals surface area contributed by atoms with Gasteiger partial charge in [0.05, 0.1) is 5.92 Å². The molecule has 0 spiro atoms. The van der Waals surface area contributed by atoms with Crippen LogP contribution in [0, 0.1) is 5.92 Å². The predicted molar refractivity (Wildman–Crippen MR) is 110 cm³/mol. The van der Waals surface area contributed by atoms with Crippen LogP contribution in [0.3, 0.4) is 0 Å². The van der Waals surface area contributed by atoms with Crippen LogP contribution in [0.25, 0.3) is 0 Å². The van der Waals surface area contributed by atoms with Gasteiger partial charge in [-0.05, 0) is 48.4 Å². The number of alkyl halides is 3. The third-order valence-electron chi connectivity index (χ3n) is 5.02. The maximum Gasteiger partial charge on any atom is 0.405 e. The minimum Gasteiger partial charge on any atom is -0.343 e. The smallest absolute Gasteiger partial charge is 0.343 e. The number of hydrogen-bond donors (Lipinski definition) is 2. The van der Waals surface area contributed by atoms with Gasteiger partial charge < -0.3 is 15.5 Å². The Hall–Kier alpha value is -3.36. The van der Waals surface area contributed by atoms with Crippen LogP contribution in [-0.2, 0) is 16.0 Å². The highest BCUT2D eigenvalue weighted by atomic mass is 19.4. The summed E-state index contributed by atoms with van der Waals surface area (Å²) >= 11 is 0. The monoisotopic (exact) mass is 433 g/mol. The van der Waals surface area contributed by atoms with Crippen molar-refractivity contribution in [2.24, 2.45) is 5.92 Å². The molecule has 1 saturated heterocycles. The van der Waals surface area contributed by atoms with E-state index >= 15 is 0 Å². The first-order chi connectivity index (χ1) is 14.7. The van der Waals surface area contributed by atoms with E-state index in [1.807, 2.05) is 31.2 Å². The van der Waals surface area contributed by atoms with E-state index in [4.69, 9.17) is 0 Å². The lowest BCUT2D eigenvalue weighted by molar-refractivity contribution is -0.123. The number of amides is 3. The van der Waals surface area contributed by atoms with E-state index in [2.05, 4.69) is 5.32 Å². The molecule has 0 radical (unpaired) electrons. The van der Waals surface area contributed by atoms with Gasteiger partial charge in [-0.3, -0.25) is 14.4 Å². The molecule has 0 aliphatic carbocycles. The van der Waals surface area contributed by atoms with Gasteiger partial charge in [0, 0.05) is 29.9 Å². The standard InChI is InChI=1S/C22H22F3N3O3/c1-2-14-3-9-18(10-4-14)28-12-16(11-19(28)29)21(31)27-17-7-5-15(6-8-17)20(30)26-13-22(23,24)25/h3-10,16H,2,11-13H2,1H3,(H,26,30)(H,27,31). The molecule has 2 aromatic carbocycles. The Morgan fingerprint density at radius 3 is 2.29 bits per heavy atom. The van der Waals surface area contributed by atoms with Crippen LogP contribution < -0.4 is 15.5 Å². The lowest BCUT2D eigenvalue weighted by atomic mass is 10.1. The van der Waals surface area contributed by atoms with Crippen molar-refractivity contribution in [1.82, 2.24) is 5.32 Å². The van der Waals surface area contributed by atoms with Crippen molar-refractivity contribution in [3.05, 3.63) is 59.7 Å². The quantitative estimate of drug-likeness (QED) is 0.732. The second-order valence-electron chi connectivity index (χ2n) is 7.29. The van der Waals surface area contributed by atoms with Gasteiger partial charge in [0.1, 0.15) is 6.54 Å². The number of aryl methyl sites for hydroxylation is 1. The molecule has 1 heterocycles. The Morgan fingerprint density at radius 2 is 1.71 bits per heavy atom. The molecule has 1 aliphatic heterocycles. The fourth-order valence-corrected chi connectivity index (χ4v) is 3.28. The van der Waals surface area contributed by atoms with Gasteiger partial charge in [-0.25, -0.2) is 0 Å². The molecule has 2 N–H and O–H groups in total. The average molecular weight is 433 g/mol. The van der Waals surface area contributed by atoms with Crippen LogP contribution in [0.4, 0.5) is 24.5 Å². The lowest BCUT2D eigenvalue weighted by Gasteiger charge is -2.17. The first kappa shape index (κ1) is 22.3. The number of carbonyl (C=O) groups is 3. The van der Waals surface area contributed by atoms with E-state index in [1.54, 1.807) is 10.2 Å². The molecular weight excluding hydrogens is 411 g/mol. The van der Waals surface area contributed by atoms with Crippen molar-refractivity contribution in [3.8, 4) is 0 Å². The number of benzene rings is 2. The second-order valence-corrected chi connectivity index (χ2v) is 7.29. The summed E-state index contributed by atoms with van der Waals surface area (Å²) in [6.07, 6.45) is -3.52. The molecular formula is C22H22F3N3O3. The summed E-state index contributed by atoms with van der Waals surface area (Å²) < 4.78 is 36.6. The summed E-state index contributed by atoms with van der Waals surface area (Å²) in [5.41, 5.74) is 2.32. The number of carbonyl (C=O) groups excluding carboxylic acids is 3. The topological polar surface area (TPSA) is 78.5 Å². The molecule has 0 saturated carbocycles. The van der Waals surface area contributed by atoms with Crippen LogP contribution in [0.2, 0.25) is 0 Å². The maximum atomic E-state index is 12.6. The molecule has 1 fully saturated rings. The van der Waals surface area contributed by atoms with E-state index in [1.165, 1.54) is 24.3 Å². The van der Waals surface area contributed by atoms with Crippen molar-refractivity contribution in [3.63, 3.8) is 0 Å². The molecule has 1 unspecified atom stereocenters. The number of nitrogens with one attached hydrogen (secondary N) is 2. The lowest BCUT2D eigenvalue weighted by Crippen LogP contribution is -2.33. The summed E-state index contributed by atoms with van der Waals surface area (Å²) in [4.78, 5) is 38.3. The zero-order chi connectivity index (χ0) is 22.6. The van der Waals surface area contributed by atoms with E-state index in [0.29, 0.717) is 5.69 Å². The summed E-state index contributed by atoms with van der Waals surface area (Å²) in [7, 11) is 0. The fraction of sp³-hybridized carbons (Fsp3) is 0.318. The van der Waals surface area contributed by atoms with Crippen LogP contribution in [0.15, 0.2) is 48.5 Å². The summed E-state index contributed by atoms with van der Waals surface area (Å²) in [5.74, 6) is -1.87. The van der Waals surface area contributed by atoms with Crippen molar-refractivity contribution >= 4 is 29.1 Å². The normalized spacial score (nSPS) is 16.3. The highest BCUT2D eigenvalue weighted by Gasteiger charge is 2.35. The van der Waals surface area contributed by atoms with Crippen LogP contribution >= 0.6 is 0 Å². The minimum absolute atomic E-state index is 0.0417. The highest BCUT2D eigenvalue weighted by molar-refractivity contribution is 6.03. The molecule has 0 bridgehead atoms. The van der Waals surface area contributed by atoms with Crippen LogP contribution in [0.5, 0.6) is 0 Å². The number of nitrogens with zero attached hydrogens (tertiary/aromatic N) is 1. The Kier molecular flexibility index (Phi) is 6.62. The summed E-state index contributed by atoms with van der Waals surface area (Å²) in [6.45, 7) is 0.879. The molecule has 2 aromatic rings. The predicted octanol–water partition coefficient (Wildman–Crippen LogP) is 3.53. The maximum absolute atomic E-state index is 12.6. The Labute approximate surface area is 177 Å².